The topological polar surface area (TPSA) is 112 Å². The number of benzene rings is 3. The van der Waals surface area contributed by atoms with E-state index in [4.69, 9.17) is 4.98 Å². The molecule has 2 aliphatic rings. The zero-order valence-electron chi connectivity index (χ0n) is 23.6. The molecule has 0 saturated carbocycles. The fraction of sp³-hybridized carbons (Fsp3) is 0.333. The summed E-state index contributed by atoms with van der Waals surface area (Å²) in [6.45, 7) is 1.80. The predicted octanol–water partition coefficient (Wildman–Crippen LogP) is 5.29. The van der Waals surface area contributed by atoms with Crippen LogP contribution in [0.15, 0.2) is 82.1 Å². The molecular formula is C30H32N6O4S2. The lowest BCUT2D eigenvalue weighted by Gasteiger charge is -2.54. The average Bonchev–Trinajstić information content (AvgIpc) is 3.40. The maximum atomic E-state index is 13.7. The third-order valence-electron chi connectivity index (χ3n) is 8.13. The minimum absolute atomic E-state index is 0.0749. The number of hydrogen-bond donors (Lipinski definition) is 0. The highest BCUT2D eigenvalue weighted by Gasteiger charge is 2.52. The van der Waals surface area contributed by atoms with Gasteiger partial charge in [-0.25, -0.2) is 4.98 Å². The molecule has 2 atom stereocenters. The van der Waals surface area contributed by atoms with E-state index in [1.54, 1.807) is 11.3 Å². The van der Waals surface area contributed by atoms with Crippen molar-refractivity contribution in [1.29, 1.82) is 0 Å². The first-order valence-electron chi connectivity index (χ1n) is 13.8. The number of likely N-dealkylation sites (tertiary alicyclic amines) is 2. The second-order valence-electron chi connectivity index (χ2n) is 11.0. The summed E-state index contributed by atoms with van der Waals surface area (Å²) in [4.78, 5) is 22.0. The summed E-state index contributed by atoms with van der Waals surface area (Å²) < 4.78 is 32.9. The van der Waals surface area contributed by atoms with Gasteiger partial charge in [0.1, 0.15) is 10.8 Å². The number of aromatic nitrogens is 1. The van der Waals surface area contributed by atoms with Gasteiger partial charge in [0.15, 0.2) is 0 Å². The number of anilines is 1. The van der Waals surface area contributed by atoms with Crippen molar-refractivity contribution in [3.8, 4) is 0 Å². The Morgan fingerprint density at radius 3 is 2.29 bits per heavy atom. The Kier molecular flexibility index (Phi) is 7.46. The molecule has 4 aromatic rings. The molecule has 1 aromatic heterocycles. The number of amidine groups is 1. The zero-order valence-corrected chi connectivity index (χ0v) is 25.3. The van der Waals surface area contributed by atoms with Crippen LogP contribution in [0.3, 0.4) is 0 Å². The number of para-hydroxylation sites is 1. The first-order chi connectivity index (χ1) is 20.1. The van der Waals surface area contributed by atoms with E-state index in [0.717, 1.165) is 52.4 Å². The lowest BCUT2D eigenvalue weighted by atomic mass is 9.78. The predicted molar refractivity (Wildman–Crippen MR) is 166 cm³/mol. The largest absolute Gasteiger partial charge is 0.378 e. The van der Waals surface area contributed by atoms with Crippen LogP contribution in [0.1, 0.15) is 35.4 Å². The molecule has 12 heteroatoms. The van der Waals surface area contributed by atoms with Gasteiger partial charge in [-0.2, -0.15) is 8.42 Å². The molecule has 0 amide bonds. The van der Waals surface area contributed by atoms with Gasteiger partial charge in [0.25, 0.3) is 15.7 Å². The number of rotatable bonds is 7. The van der Waals surface area contributed by atoms with Crippen LogP contribution < -0.4 is 4.90 Å². The van der Waals surface area contributed by atoms with Gasteiger partial charge in [0.05, 0.1) is 32.0 Å². The third kappa shape index (κ3) is 5.25. The number of thiazole rings is 1. The highest BCUT2D eigenvalue weighted by atomic mass is 32.2. The van der Waals surface area contributed by atoms with Crippen LogP contribution in [0.4, 0.5) is 11.4 Å². The van der Waals surface area contributed by atoms with Crippen molar-refractivity contribution in [1.82, 2.24) is 14.8 Å². The lowest BCUT2D eigenvalue weighted by molar-refractivity contribution is -0.384. The molecule has 0 bridgehead atoms. The fourth-order valence-electron chi connectivity index (χ4n) is 5.82. The maximum absolute atomic E-state index is 13.7. The molecule has 2 unspecified atom stereocenters. The minimum Gasteiger partial charge on any atom is -0.378 e. The zero-order chi connectivity index (χ0) is 29.6. The molecule has 2 aliphatic heterocycles. The summed E-state index contributed by atoms with van der Waals surface area (Å²) in [5.41, 5.74) is 2.75. The quantitative estimate of drug-likeness (QED) is 0.207. The Bertz CT molecular complexity index is 1710. The fourth-order valence-corrected chi connectivity index (χ4v) is 7.96. The molecular weight excluding hydrogens is 573 g/mol. The first-order valence-corrected chi connectivity index (χ1v) is 16.1. The Labute approximate surface area is 249 Å². The Morgan fingerprint density at radius 1 is 1.00 bits per heavy atom. The van der Waals surface area contributed by atoms with Gasteiger partial charge in [-0.05, 0) is 74.9 Å². The van der Waals surface area contributed by atoms with Crippen LogP contribution in [0.2, 0.25) is 0 Å². The van der Waals surface area contributed by atoms with Gasteiger partial charge in [0.2, 0.25) is 0 Å². The van der Waals surface area contributed by atoms with Gasteiger partial charge in [-0.1, -0.05) is 24.3 Å². The van der Waals surface area contributed by atoms with Gasteiger partial charge in [-0.15, -0.1) is 15.7 Å². The van der Waals surface area contributed by atoms with Crippen molar-refractivity contribution in [2.24, 2.45) is 4.40 Å². The maximum Gasteiger partial charge on any atom is 0.283 e. The van der Waals surface area contributed by atoms with Crippen LogP contribution in [0, 0.1) is 10.1 Å². The van der Waals surface area contributed by atoms with E-state index >= 15 is 0 Å². The summed E-state index contributed by atoms with van der Waals surface area (Å²) in [5.74, 6) is 0.166. The molecule has 218 valence electrons. The molecule has 3 heterocycles. The van der Waals surface area contributed by atoms with Gasteiger partial charge < -0.3 is 14.7 Å². The SMILES string of the molecule is CN1CCC(N2C(=NS(=O)(=O)c3ccc([N+](=O)[O-])cc3)C(c3ccc(N(C)C)cc3)C2c2nc3ccccc3s2)CC1. The second-order valence-corrected chi connectivity index (χ2v) is 13.7. The van der Waals surface area contributed by atoms with Crippen LogP contribution in [-0.4, -0.2) is 74.2 Å². The number of nitro groups is 1. The number of non-ortho nitro benzene ring substituents is 1. The smallest absolute Gasteiger partial charge is 0.283 e. The number of nitrogens with zero attached hydrogens (tertiary/aromatic N) is 6. The van der Waals surface area contributed by atoms with Crippen LogP contribution in [0.5, 0.6) is 0 Å². The lowest BCUT2D eigenvalue weighted by Crippen LogP contribution is -2.60. The molecule has 2 fully saturated rings. The van der Waals surface area contributed by atoms with Crippen molar-refractivity contribution in [3.05, 3.63) is 93.5 Å². The number of sulfonamides is 1. The van der Waals surface area contributed by atoms with E-state index in [0.29, 0.717) is 5.84 Å². The standard InChI is InChI=1S/C30H32N6O4S2/c1-33(2)21-10-8-20(9-11-21)27-28(30-31-25-6-4-5-7-26(25)41-30)35(22-16-18-34(3)19-17-22)29(27)32-42(39,40)24-14-12-23(13-15-24)36(37)38/h4-15,22,27-28H,16-19H2,1-3H3. The van der Waals surface area contributed by atoms with Crippen LogP contribution in [-0.2, 0) is 10.0 Å². The van der Waals surface area contributed by atoms with Crippen molar-refractivity contribution in [3.63, 3.8) is 0 Å². The first kappa shape index (κ1) is 28.3. The molecule has 42 heavy (non-hydrogen) atoms. The normalized spacial score (nSPS) is 21.0. The van der Waals surface area contributed by atoms with E-state index in [1.807, 2.05) is 61.5 Å². The van der Waals surface area contributed by atoms with E-state index < -0.39 is 14.9 Å². The summed E-state index contributed by atoms with van der Waals surface area (Å²) in [5, 5.41) is 12.1. The van der Waals surface area contributed by atoms with Crippen molar-refractivity contribution in [2.45, 2.75) is 35.7 Å². The summed E-state index contributed by atoms with van der Waals surface area (Å²) in [6.07, 6.45) is 1.75. The molecule has 0 radical (unpaired) electrons. The van der Waals surface area contributed by atoms with E-state index in [9.17, 15) is 18.5 Å². The highest BCUT2D eigenvalue weighted by molar-refractivity contribution is 7.90. The van der Waals surface area contributed by atoms with Crippen molar-refractivity contribution in [2.75, 3.05) is 39.1 Å². The Morgan fingerprint density at radius 2 is 1.67 bits per heavy atom. The van der Waals surface area contributed by atoms with Gasteiger partial charge in [-0.3, -0.25) is 10.1 Å². The second kappa shape index (κ2) is 11.1. The van der Waals surface area contributed by atoms with Crippen LogP contribution in [0.25, 0.3) is 10.2 Å². The number of fused-ring (bicyclic) bond motifs is 1. The molecule has 0 spiro atoms. The van der Waals surface area contributed by atoms with Crippen molar-refractivity contribution < 1.29 is 13.3 Å². The summed E-state index contributed by atoms with van der Waals surface area (Å²) in [7, 11) is 1.91. The van der Waals surface area contributed by atoms with E-state index in [-0.39, 0.29) is 28.6 Å². The average molecular weight is 605 g/mol. The van der Waals surface area contributed by atoms with Crippen molar-refractivity contribution >= 4 is 48.8 Å². The summed E-state index contributed by atoms with van der Waals surface area (Å²) >= 11 is 1.64. The number of hydrogen-bond acceptors (Lipinski definition) is 8. The Hall–Kier alpha value is -3.87. The molecule has 0 aliphatic carbocycles. The minimum atomic E-state index is -4.15. The van der Waals surface area contributed by atoms with E-state index in [2.05, 4.69) is 27.3 Å². The van der Waals surface area contributed by atoms with Gasteiger partial charge >= 0.3 is 0 Å². The molecule has 10 nitrogen and oxygen atoms in total. The monoisotopic (exact) mass is 604 g/mol. The van der Waals surface area contributed by atoms with Crippen LogP contribution >= 0.6 is 11.3 Å². The number of nitro benzene ring substituents is 1. The third-order valence-corrected chi connectivity index (χ3v) is 10.5. The molecule has 0 N–H and O–H groups in total. The molecule has 3 aromatic carbocycles. The Balaban J connectivity index is 1.48. The van der Waals surface area contributed by atoms with Gasteiger partial charge in [0, 0.05) is 38.0 Å². The summed E-state index contributed by atoms with van der Waals surface area (Å²) in [6, 6.07) is 21.0. The highest BCUT2D eigenvalue weighted by Crippen LogP contribution is 2.52. The number of piperidine rings is 1. The molecule has 6 rings (SSSR count). The molecule has 2 saturated heterocycles. The van der Waals surface area contributed by atoms with E-state index in [1.165, 1.54) is 24.3 Å².